The molecule has 138 valence electrons. The minimum atomic E-state index is -0.867. The maximum absolute atomic E-state index is 12.7. The van der Waals surface area contributed by atoms with Crippen LogP contribution in [0.4, 0.5) is 0 Å². The van der Waals surface area contributed by atoms with Crippen LogP contribution in [0.15, 0.2) is 22.6 Å². The molecule has 1 aromatic heterocycles. The Labute approximate surface area is 152 Å². The second kappa shape index (κ2) is 7.28. The lowest BCUT2D eigenvalue weighted by Gasteiger charge is -2.36. The summed E-state index contributed by atoms with van der Waals surface area (Å²) >= 11 is 0. The first-order valence-electron chi connectivity index (χ1n) is 8.79. The third-order valence-electron chi connectivity index (χ3n) is 5.14. The van der Waals surface area contributed by atoms with Crippen molar-refractivity contribution in [3.05, 3.63) is 18.0 Å². The zero-order valence-electron chi connectivity index (χ0n) is 14.8. The fraction of sp³-hybridized carbons (Fsp3) is 0.611. The molecule has 1 fully saturated rings. The van der Waals surface area contributed by atoms with Crippen molar-refractivity contribution in [2.45, 2.75) is 43.7 Å². The van der Waals surface area contributed by atoms with Crippen molar-refractivity contribution >= 4 is 11.9 Å². The van der Waals surface area contributed by atoms with Crippen LogP contribution in [0, 0.1) is 18.3 Å². The SMILES string of the molecule is C#CCCC1(CCC(=O)N2CC(C(=O)O)CC(c3cnn(C)c3)C2)N=N1. The van der Waals surface area contributed by atoms with Crippen LogP contribution < -0.4 is 0 Å². The summed E-state index contributed by atoms with van der Waals surface area (Å²) in [5, 5.41) is 21.7. The topological polar surface area (TPSA) is 100 Å². The van der Waals surface area contributed by atoms with E-state index >= 15 is 0 Å². The first-order chi connectivity index (χ1) is 12.4. The number of hydrogen-bond donors (Lipinski definition) is 1. The van der Waals surface area contributed by atoms with Crippen molar-refractivity contribution in [2.75, 3.05) is 13.1 Å². The number of aromatic nitrogens is 2. The van der Waals surface area contributed by atoms with E-state index in [2.05, 4.69) is 21.2 Å². The van der Waals surface area contributed by atoms with Crippen LogP contribution in [0.5, 0.6) is 0 Å². The van der Waals surface area contributed by atoms with E-state index in [1.165, 1.54) is 0 Å². The number of nitrogens with zero attached hydrogens (tertiary/aromatic N) is 5. The largest absolute Gasteiger partial charge is 0.481 e. The second-order valence-electron chi connectivity index (χ2n) is 7.10. The molecule has 0 bridgehead atoms. The molecule has 3 heterocycles. The normalized spacial score (nSPS) is 23.5. The lowest BCUT2D eigenvalue weighted by atomic mass is 9.85. The summed E-state index contributed by atoms with van der Waals surface area (Å²) in [6.45, 7) is 0.760. The van der Waals surface area contributed by atoms with Crippen molar-refractivity contribution in [2.24, 2.45) is 23.2 Å². The van der Waals surface area contributed by atoms with Crippen LogP contribution in [-0.2, 0) is 16.6 Å². The average molecular weight is 357 g/mol. The van der Waals surface area contributed by atoms with Gasteiger partial charge in [0, 0.05) is 57.9 Å². The highest BCUT2D eigenvalue weighted by molar-refractivity contribution is 5.78. The van der Waals surface area contributed by atoms with Gasteiger partial charge in [0.15, 0.2) is 5.66 Å². The van der Waals surface area contributed by atoms with E-state index in [9.17, 15) is 14.7 Å². The van der Waals surface area contributed by atoms with Crippen LogP contribution in [0.1, 0.15) is 43.6 Å². The Morgan fingerprint density at radius 3 is 2.73 bits per heavy atom. The molecule has 2 aliphatic rings. The van der Waals surface area contributed by atoms with Gasteiger partial charge in [0.25, 0.3) is 0 Å². The van der Waals surface area contributed by atoms with Gasteiger partial charge in [0.2, 0.25) is 5.91 Å². The number of likely N-dealkylation sites (tertiary alicyclic amines) is 1. The molecule has 1 saturated heterocycles. The maximum atomic E-state index is 12.7. The predicted molar refractivity (Wildman–Crippen MR) is 93.2 cm³/mol. The number of carboxylic acids is 1. The Kier molecular flexibility index (Phi) is 5.07. The van der Waals surface area contributed by atoms with Crippen LogP contribution in [0.3, 0.4) is 0 Å². The molecular weight excluding hydrogens is 334 g/mol. The van der Waals surface area contributed by atoms with Gasteiger partial charge in [-0.3, -0.25) is 14.3 Å². The van der Waals surface area contributed by atoms with E-state index in [1.807, 2.05) is 13.2 Å². The van der Waals surface area contributed by atoms with Crippen molar-refractivity contribution in [3.63, 3.8) is 0 Å². The molecule has 0 aromatic carbocycles. The van der Waals surface area contributed by atoms with Crippen LogP contribution in [-0.4, -0.2) is 50.4 Å². The number of amides is 1. The van der Waals surface area contributed by atoms with E-state index in [4.69, 9.17) is 6.42 Å². The number of piperidine rings is 1. The van der Waals surface area contributed by atoms with E-state index < -0.39 is 17.6 Å². The summed E-state index contributed by atoms with van der Waals surface area (Å²) in [6.07, 6.45) is 11.5. The molecule has 0 spiro atoms. The van der Waals surface area contributed by atoms with Gasteiger partial charge in [-0.15, -0.1) is 12.3 Å². The molecule has 8 heteroatoms. The molecule has 26 heavy (non-hydrogen) atoms. The van der Waals surface area contributed by atoms with E-state index in [0.717, 1.165) is 5.56 Å². The average Bonchev–Trinajstić information content (AvgIpc) is 3.28. The Bertz CT molecular complexity index is 757. The molecule has 2 unspecified atom stereocenters. The van der Waals surface area contributed by atoms with Gasteiger partial charge >= 0.3 is 5.97 Å². The van der Waals surface area contributed by atoms with Crippen LogP contribution in [0.2, 0.25) is 0 Å². The highest BCUT2D eigenvalue weighted by Gasteiger charge is 2.41. The van der Waals surface area contributed by atoms with Crippen molar-refractivity contribution in [1.29, 1.82) is 0 Å². The summed E-state index contributed by atoms with van der Waals surface area (Å²) in [5.74, 6) is 1.06. The molecule has 1 amide bonds. The Morgan fingerprint density at radius 1 is 1.38 bits per heavy atom. The lowest BCUT2D eigenvalue weighted by molar-refractivity contribution is -0.146. The van der Waals surface area contributed by atoms with Gasteiger partial charge in [-0.25, -0.2) is 0 Å². The third-order valence-corrected chi connectivity index (χ3v) is 5.14. The molecule has 0 radical (unpaired) electrons. The van der Waals surface area contributed by atoms with Crippen molar-refractivity contribution in [3.8, 4) is 12.3 Å². The second-order valence-corrected chi connectivity index (χ2v) is 7.10. The maximum Gasteiger partial charge on any atom is 0.308 e. The molecule has 1 N–H and O–H groups in total. The van der Waals surface area contributed by atoms with E-state index in [1.54, 1.807) is 15.8 Å². The number of terminal acetylenes is 1. The number of aryl methyl sites for hydroxylation is 1. The van der Waals surface area contributed by atoms with Gasteiger partial charge in [-0.05, 0) is 12.0 Å². The predicted octanol–water partition coefficient (Wildman–Crippen LogP) is 1.79. The fourth-order valence-corrected chi connectivity index (χ4v) is 3.51. The molecular formula is C18H23N5O3. The van der Waals surface area contributed by atoms with Gasteiger partial charge in [0.05, 0.1) is 12.1 Å². The third kappa shape index (κ3) is 4.10. The minimum Gasteiger partial charge on any atom is -0.481 e. The van der Waals surface area contributed by atoms with Crippen molar-refractivity contribution in [1.82, 2.24) is 14.7 Å². The number of carbonyl (C=O) groups excluding carboxylic acids is 1. The number of carbonyl (C=O) groups is 2. The number of carboxylic acid groups (broad SMARTS) is 1. The van der Waals surface area contributed by atoms with Crippen molar-refractivity contribution < 1.29 is 14.7 Å². The zero-order chi connectivity index (χ0) is 18.7. The first-order valence-corrected chi connectivity index (χ1v) is 8.79. The van der Waals surface area contributed by atoms with Crippen LogP contribution in [0.25, 0.3) is 0 Å². The Balaban J connectivity index is 1.62. The van der Waals surface area contributed by atoms with Crippen LogP contribution >= 0.6 is 0 Å². The summed E-state index contributed by atoms with van der Waals surface area (Å²) in [4.78, 5) is 25.9. The van der Waals surface area contributed by atoms with E-state index in [-0.39, 0.29) is 18.4 Å². The fourth-order valence-electron chi connectivity index (χ4n) is 3.51. The molecule has 8 nitrogen and oxygen atoms in total. The van der Waals surface area contributed by atoms with Gasteiger partial charge < -0.3 is 10.0 Å². The quantitative estimate of drug-likeness (QED) is 0.752. The molecule has 0 aliphatic carbocycles. The highest BCUT2D eigenvalue weighted by Crippen LogP contribution is 2.38. The van der Waals surface area contributed by atoms with E-state index in [0.29, 0.717) is 38.6 Å². The molecule has 3 rings (SSSR count). The Hall–Kier alpha value is -2.69. The van der Waals surface area contributed by atoms with Gasteiger partial charge in [0.1, 0.15) is 0 Å². The smallest absolute Gasteiger partial charge is 0.308 e. The monoisotopic (exact) mass is 357 g/mol. The molecule has 2 aliphatic heterocycles. The highest BCUT2D eigenvalue weighted by atomic mass is 16.4. The molecule has 0 saturated carbocycles. The number of aliphatic carboxylic acids is 1. The summed E-state index contributed by atoms with van der Waals surface area (Å²) < 4.78 is 1.69. The number of hydrogen-bond acceptors (Lipinski definition) is 5. The molecule has 1 aromatic rings. The lowest BCUT2D eigenvalue weighted by Crippen LogP contribution is -2.45. The summed E-state index contributed by atoms with van der Waals surface area (Å²) in [5.41, 5.74) is 0.473. The Morgan fingerprint density at radius 2 is 2.15 bits per heavy atom. The number of rotatable bonds is 7. The summed E-state index contributed by atoms with van der Waals surface area (Å²) in [6, 6.07) is 0. The molecule has 2 atom stereocenters. The standard InChI is InChI=1S/C18H23N5O3/c1-3-4-6-18(20-21-18)7-5-16(24)23-11-13(8-14(12-23)17(25)26)15-9-19-22(2)10-15/h1,9-10,13-14H,4-8,11-12H2,2H3,(H,25,26). The zero-order valence-corrected chi connectivity index (χ0v) is 14.8. The minimum absolute atomic E-state index is 0.0202. The van der Waals surface area contributed by atoms with Gasteiger partial charge in [-0.1, -0.05) is 0 Å². The summed E-state index contributed by atoms with van der Waals surface area (Å²) in [7, 11) is 1.82. The first kappa shape index (κ1) is 18.1. The van der Waals surface area contributed by atoms with Gasteiger partial charge in [-0.2, -0.15) is 15.3 Å².